The van der Waals surface area contributed by atoms with Crippen LogP contribution in [0.1, 0.15) is 16.2 Å². The molecule has 0 aliphatic carbocycles. The fourth-order valence-corrected chi connectivity index (χ4v) is 1.39. The van der Waals surface area contributed by atoms with Crippen LogP contribution in [0.4, 0.5) is 10.5 Å². The average molecular weight is 277 g/mol. The summed E-state index contributed by atoms with van der Waals surface area (Å²) in [7, 11) is 0. The molecule has 20 heavy (non-hydrogen) atoms. The molecule has 2 aromatic heterocycles. The fraction of sp³-hybridized carbons (Fsp3) is 0.182. The number of carboxylic acids is 1. The third-order valence-corrected chi connectivity index (χ3v) is 2.28. The van der Waals surface area contributed by atoms with E-state index in [1.807, 2.05) is 0 Å². The highest BCUT2D eigenvalue weighted by atomic mass is 16.5. The van der Waals surface area contributed by atoms with Gasteiger partial charge in [0, 0.05) is 19.2 Å². The van der Waals surface area contributed by atoms with Crippen LogP contribution in [-0.4, -0.2) is 38.8 Å². The zero-order valence-electron chi connectivity index (χ0n) is 10.2. The summed E-state index contributed by atoms with van der Waals surface area (Å²) in [5.41, 5.74) is 0.288. The van der Waals surface area contributed by atoms with E-state index in [0.717, 1.165) is 0 Å². The summed E-state index contributed by atoms with van der Waals surface area (Å²) in [6.45, 7) is 0.317. The molecule has 0 saturated carbocycles. The second kappa shape index (κ2) is 6.27. The van der Waals surface area contributed by atoms with Gasteiger partial charge in [0.25, 0.3) is 0 Å². The van der Waals surface area contributed by atoms with Crippen molar-refractivity contribution in [2.75, 3.05) is 11.9 Å². The van der Waals surface area contributed by atoms with Crippen molar-refractivity contribution in [1.29, 1.82) is 0 Å². The molecule has 0 aliphatic heterocycles. The topological polar surface area (TPSA) is 130 Å². The van der Waals surface area contributed by atoms with E-state index in [0.29, 0.717) is 24.5 Å². The van der Waals surface area contributed by atoms with Crippen molar-refractivity contribution in [3.8, 4) is 0 Å². The van der Waals surface area contributed by atoms with Crippen molar-refractivity contribution in [2.45, 2.75) is 6.42 Å². The maximum atomic E-state index is 11.6. The molecule has 0 saturated heterocycles. The van der Waals surface area contributed by atoms with Gasteiger partial charge < -0.3 is 20.3 Å². The van der Waals surface area contributed by atoms with Crippen LogP contribution in [0.25, 0.3) is 0 Å². The molecular formula is C11H11N5O4. The minimum absolute atomic E-state index is 0.00500. The van der Waals surface area contributed by atoms with Crippen LogP contribution < -0.4 is 10.6 Å². The summed E-state index contributed by atoms with van der Waals surface area (Å²) in [4.78, 5) is 29.8. The maximum Gasteiger partial charge on any atom is 0.337 e. The van der Waals surface area contributed by atoms with Gasteiger partial charge in [-0.25, -0.2) is 9.59 Å². The Kier molecular flexibility index (Phi) is 4.22. The van der Waals surface area contributed by atoms with E-state index in [1.165, 1.54) is 24.9 Å². The van der Waals surface area contributed by atoms with E-state index in [2.05, 4.69) is 30.3 Å². The molecule has 2 aromatic rings. The van der Waals surface area contributed by atoms with E-state index in [1.54, 1.807) is 0 Å². The lowest BCUT2D eigenvalue weighted by molar-refractivity contribution is 0.0696. The molecule has 0 radical (unpaired) electrons. The number of carbonyl (C=O) groups excluding carboxylic acids is 1. The largest absolute Gasteiger partial charge is 0.478 e. The average Bonchev–Trinajstić information content (AvgIpc) is 2.92. The number of nitrogens with one attached hydrogen (secondary N) is 2. The van der Waals surface area contributed by atoms with Gasteiger partial charge in [0.05, 0.1) is 17.4 Å². The molecule has 9 heteroatoms. The summed E-state index contributed by atoms with van der Waals surface area (Å²) in [5, 5.41) is 17.4. The van der Waals surface area contributed by atoms with E-state index >= 15 is 0 Å². The number of pyridine rings is 1. The molecule has 0 unspecified atom stereocenters. The summed E-state index contributed by atoms with van der Waals surface area (Å²) in [6.07, 6.45) is 4.18. The summed E-state index contributed by atoms with van der Waals surface area (Å²) in [6, 6.07) is 0.839. The Labute approximate surface area is 113 Å². The maximum absolute atomic E-state index is 11.6. The van der Waals surface area contributed by atoms with Gasteiger partial charge in [-0.1, -0.05) is 5.16 Å². The molecular weight excluding hydrogens is 266 g/mol. The highest BCUT2D eigenvalue weighted by molar-refractivity contribution is 5.92. The van der Waals surface area contributed by atoms with Crippen LogP contribution in [0.15, 0.2) is 29.4 Å². The van der Waals surface area contributed by atoms with Crippen molar-refractivity contribution in [2.24, 2.45) is 0 Å². The lowest BCUT2D eigenvalue weighted by Gasteiger charge is -2.06. The Morgan fingerprint density at radius 1 is 1.35 bits per heavy atom. The van der Waals surface area contributed by atoms with Crippen LogP contribution >= 0.6 is 0 Å². The number of aromatic carboxylic acids is 1. The second-order valence-corrected chi connectivity index (χ2v) is 3.75. The lowest BCUT2D eigenvalue weighted by atomic mass is 10.2. The van der Waals surface area contributed by atoms with Crippen LogP contribution in [0.3, 0.4) is 0 Å². The first-order valence-corrected chi connectivity index (χ1v) is 5.63. The third kappa shape index (κ3) is 3.77. The molecule has 9 nitrogen and oxygen atoms in total. The number of hydrogen-bond donors (Lipinski definition) is 3. The number of aromatic nitrogens is 3. The second-order valence-electron chi connectivity index (χ2n) is 3.75. The smallest absolute Gasteiger partial charge is 0.337 e. The van der Waals surface area contributed by atoms with Gasteiger partial charge in [0.1, 0.15) is 0 Å². The Bertz CT molecular complexity index is 599. The first kappa shape index (κ1) is 13.5. The number of carbonyl (C=O) groups is 2. The predicted molar refractivity (Wildman–Crippen MR) is 66.2 cm³/mol. The van der Waals surface area contributed by atoms with E-state index in [9.17, 15) is 9.59 Å². The van der Waals surface area contributed by atoms with Crippen LogP contribution in [-0.2, 0) is 6.42 Å². The van der Waals surface area contributed by atoms with Crippen molar-refractivity contribution >= 4 is 17.7 Å². The van der Waals surface area contributed by atoms with Gasteiger partial charge in [-0.2, -0.15) is 4.98 Å². The number of amides is 2. The van der Waals surface area contributed by atoms with Gasteiger partial charge in [0.2, 0.25) is 6.39 Å². The van der Waals surface area contributed by atoms with Crippen LogP contribution in [0, 0.1) is 0 Å². The molecule has 104 valence electrons. The normalized spacial score (nSPS) is 10.0. The molecule has 0 aromatic carbocycles. The first-order chi connectivity index (χ1) is 9.65. The number of carboxylic acid groups (broad SMARTS) is 1. The van der Waals surface area contributed by atoms with Gasteiger partial charge in [0.15, 0.2) is 5.82 Å². The highest BCUT2D eigenvalue weighted by Crippen LogP contribution is 2.07. The van der Waals surface area contributed by atoms with E-state index in [4.69, 9.17) is 5.11 Å². The molecule has 3 N–H and O–H groups in total. The Morgan fingerprint density at radius 3 is 2.90 bits per heavy atom. The van der Waals surface area contributed by atoms with Gasteiger partial charge >= 0.3 is 12.0 Å². The van der Waals surface area contributed by atoms with Crippen LogP contribution in [0.5, 0.6) is 0 Å². The Morgan fingerprint density at radius 2 is 2.20 bits per heavy atom. The highest BCUT2D eigenvalue weighted by Gasteiger charge is 2.07. The minimum Gasteiger partial charge on any atom is -0.478 e. The third-order valence-electron chi connectivity index (χ3n) is 2.28. The monoisotopic (exact) mass is 277 g/mol. The van der Waals surface area contributed by atoms with Crippen molar-refractivity contribution in [1.82, 2.24) is 20.4 Å². The van der Waals surface area contributed by atoms with E-state index < -0.39 is 12.0 Å². The molecule has 0 atom stereocenters. The molecule has 0 bridgehead atoms. The van der Waals surface area contributed by atoms with E-state index in [-0.39, 0.29) is 5.56 Å². The molecule has 2 amide bonds. The number of nitrogens with zero attached hydrogens (tertiary/aromatic N) is 3. The summed E-state index contributed by atoms with van der Waals surface area (Å²) in [5.74, 6) is -0.626. The Balaban J connectivity index is 1.82. The zero-order chi connectivity index (χ0) is 14.4. The molecule has 0 aliphatic rings. The molecule has 0 spiro atoms. The summed E-state index contributed by atoms with van der Waals surface area (Å²) >= 11 is 0. The number of rotatable bonds is 5. The molecule has 0 fully saturated rings. The zero-order valence-corrected chi connectivity index (χ0v) is 10.2. The lowest BCUT2D eigenvalue weighted by Crippen LogP contribution is -2.30. The standard InChI is InChI=1S/C11H11N5O4/c17-10(18)7-3-8(5-12-4-7)15-11(19)13-2-1-9-14-6-20-16-9/h3-6H,1-2H2,(H,17,18)(H2,13,15,19). The number of hydrogen-bond acceptors (Lipinski definition) is 6. The quantitative estimate of drug-likeness (QED) is 0.726. The molecule has 2 rings (SSSR count). The Hall–Kier alpha value is -2.97. The predicted octanol–water partition coefficient (Wildman–Crippen LogP) is 0.527. The first-order valence-electron chi connectivity index (χ1n) is 5.63. The van der Waals surface area contributed by atoms with Gasteiger partial charge in [-0.15, -0.1) is 0 Å². The van der Waals surface area contributed by atoms with Crippen molar-refractivity contribution in [3.05, 3.63) is 36.2 Å². The van der Waals surface area contributed by atoms with Crippen molar-refractivity contribution < 1.29 is 19.2 Å². The number of urea groups is 1. The summed E-state index contributed by atoms with van der Waals surface area (Å²) < 4.78 is 4.55. The molecule has 2 heterocycles. The number of anilines is 1. The fourth-order valence-electron chi connectivity index (χ4n) is 1.39. The van der Waals surface area contributed by atoms with Crippen LogP contribution in [0.2, 0.25) is 0 Å². The minimum atomic E-state index is -1.11. The van der Waals surface area contributed by atoms with Gasteiger partial charge in [-0.05, 0) is 6.07 Å². The van der Waals surface area contributed by atoms with Gasteiger partial charge in [-0.3, -0.25) is 4.98 Å². The SMILES string of the molecule is O=C(NCCc1ncon1)Nc1cncc(C(=O)O)c1. The van der Waals surface area contributed by atoms with Crippen molar-refractivity contribution in [3.63, 3.8) is 0 Å².